The fourth-order valence-electron chi connectivity index (χ4n) is 2.62. The van der Waals surface area contributed by atoms with Gasteiger partial charge < -0.3 is 20.1 Å². The van der Waals surface area contributed by atoms with E-state index in [9.17, 15) is 4.79 Å². The van der Waals surface area contributed by atoms with Gasteiger partial charge in [0.1, 0.15) is 23.9 Å². The maximum atomic E-state index is 12.4. The van der Waals surface area contributed by atoms with Crippen molar-refractivity contribution in [2.45, 2.75) is 13.8 Å². The Balaban J connectivity index is 1.47. The number of nitrogens with one attached hydrogen (secondary N) is 2. The molecule has 1 aromatic heterocycles. The molecule has 0 bridgehead atoms. The topological polar surface area (TPSA) is 85.4 Å². The fourth-order valence-corrected chi connectivity index (χ4v) is 2.62. The van der Waals surface area contributed by atoms with Gasteiger partial charge in [-0.3, -0.25) is 4.79 Å². The molecule has 0 spiro atoms. The summed E-state index contributed by atoms with van der Waals surface area (Å²) >= 11 is 0. The molecular weight excluding hydrogens is 368 g/mol. The quantitative estimate of drug-likeness (QED) is 0.567. The van der Waals surface area contributed by atoms with Crippen LogP contribution in [0.4, 0.5) is 11.5 Å². The predicted molar refractivity (Wildman–Crippen MR) is 113 cm³/mol. The van der Waals surface area contributed by atoms with Crippen LogP contribution in [0.25, 0.3) is 0 Å². The van der Waals surface area contributed by atoms with Crippen LogP contribution in [0, 0.1) is 13.8 Å². The first kappa shape index (κ1) is 20.1. The highest BCUT2D eigenvalue weighted by atomic mass is 16.5. The summed E-state index contributed by atoms with van der Waals surface area (Å²) in [6, 6.07) is 16.6. The van der Waals surface area contributed by atoms with E-state index in [1.165, 1.54) is 0 Å². The molecular formula is C22H24N4O3. The molecule has 0 saturated carbocycles. The number of rotatable bonds is 8. The Morgan fingerprint density at radius 1 is 0.966 bits per heavy atom. The van der Waals surface area contributed by atoms with Crippen molar-refractivity contribution in [2.24, 2.45) is 0 Å². The number of nitrogens with zero attached hydrogens (tertiary/aromatic N) is 2. The molecule has 29 heavy (non-hydrogen) atoms. The minimum absolute atomic E-state index is 0.255. The van der Waals surface area contributed by atoms with Crippen molar-refractivity contribution in [2.75, 3.05) is 30.9 Å². The molecule has 0 radical (unpaired) electrons. The fraction of sp³-hybridized carbons (Fsp3) is 0.227. The molecule has 0 aliphatic heterocycles. The molecule has 2 N–H and O–H groups in total. The van der Waals surface area contributed by atoms with E-state index in [1.54, 1.807) is 19.2 Å². The van der Waals surface area contributed by atoms with Crippen LogP contribution in [0.15, 0.2) is 54.6 Å². The first-order valence-electron chi connectivity index (χ1n) is 9.28. The van der Waals surface area contributed by atoms with E-state index < -0.39 is 0 Å². The Kier molecular flexibility index (Phi) is 6.63. The van der Waals surface area contributed by atoms with Gasteiger partial charge >= 0.3 is 0 Å². The molecule has 0 aliphatic carbocycles. The largest absolute Gasteiger partial charge is 0.497 e. The second-order valence-corrected chi connectivity index (χ2v) is 6.53. The van der Waals surface area contributed by atoms with Gasteiger partial charge in [-0.15, -0.1) is 10.2 Å². The highest BCUT2D eigenvalue weighted by Crippen LogP contribution is 2.18. The van der Waals surface area contributed by atoms with Gasteiger partial charge in [0, 0.05) is 5.69 Å². The molecule has 3 rings (SSSR count). The summed E-state index contributed by atoms with van der Waals surface area (Å²) in [7, 11) is 1.62. The zero-order valence-electron chi connectivity index (χ0n) is 16.7. The number of hydrogen-bond acceptors (Lipinski definition) is 6. The summed E-state index contributed by atoms with van der Waals surface area (Å²) in [6.45, 7) is 4.94. The highest BCUT2D eigenvalue weighted by Gasteiger charge is 2.10. The van der Waals surface area contributed by atoms with Crippen molar-refractivity contribution in [3.63, 3.8) is 0 Å². The first-order chi connectivity index (χ1) is 14.0. The molecule has 2 aromatic carbocycles. The summed E-state index contributed by atoms with van der Waals surface area (Å²) in [5.74, 6) is 1.83. The summed E-state index contributed by atoms with van der Waals surface area (Å²) in [5, 5.41) is 14.0. The minimum atomic E-state index is -0.291. The van der Waals surface area contributed by atoms with Gasteiger partial charge in [-0.25, -0.2) is 0 Å². The lowest BCUT2D eigenvalue weighted by atomic mass is 10.1. The third-order valence-electron chi connectivity index (χ3n) is 4.27. The van der Waals surface area contributed by atoms with Gasteiger partial charge in [-0.1, -0.05) is 12.1 Å². The third-order valence-corrected chi connectivity index (χ3v) is 4.27. The first-order valence-corrected chi connectivity index (χ1v) is 9.28. The molecule has 0 fully saturated rings. The van der Waals surface area contributed by atoms with Crippen LogP contribution in [-0.2, 0) is 0 Å². The molecule has 3 aromatic rings. The second kappa shape index (κ2) is 9.54. The normalized spacial score (nSPS) is 10.3. The summed E-state index contributed by atoms with van der Waals surface area (Å²) < 4.78 is 10.8. The number of ether oxygens (including phenoxy) is 2. The van der Waals surface area contributed by atoms with Crippen molar-refractivity contribution >= 4 is 17.4 Å². The lowest BCUT2D eigenvalue weighted by Crippen LogP contribution is -2.16. The summed E-state index contributed by atoms with van der Waals surface area (Å²) in [5.41, 5.74) is 3.10. The highest BCUT2D eigenvalue weighted by molar-refractivity contribution is 6.03. The lowest BCUT2D eigenvalue weighted by molar-refractivity contribution is 0.102. The summed E-state index contributed by atoms with van der Waals surface area (Å²) in [4.78, 5) is 12.4. The maximum Gasteiger partial charge on any atom is 0.276 e. The Bertz CT molecular complexity index is 957. The van der Waals surface area contributed by atoms with Crippen molar-refractivity contribution in [1.29, 1.82) is 0 Å². The van der Waals surface area contributed by atoms with E-state index in [4.69, 9.17) is 9.47 Å². The smallest absolute Gasteiger partial charge is 0.276 e. The van der Waals surface area contributed by atoms with Gasteiger partial charge in [0.05, 0.1) is 13.7 Å². The molecule has 150 valence electrons. The van der Waals surface area contributed by atoms with E-state index in [2.05, 4.69) is 20.8 Å². The Hall–Kier alpha value is -3.61. The van der Waals surface area contributed by atoms with Crippen molar-refractivity contribution in [3.05, 3.63) is 71.4 Å². The summed E-state index contributed by atoms with van der Waals surface area (Å²) in [6.07, 6.45) is 0. The average molecular weight is 392 g/mol. The number of aromatic nitrogens is 2. The van der Waals surface area contributed by atoms with Crippen LogP contribution in [0.5, 0.6) is 11.5 Å². The average Bonchev–Trinajstić information content (AvgIpc) is 2.74. The van der Waals surface area contributed by atoms with Gasteiger partial charge in [-0.05, 0) is 67.4 Å². The lowest BCUT2D eigenvalue weighted by Gasteiger charge is -2.10. The van der Waals surface area contributed by atoms with Crippen LogP contribution in [0.2, 0.25) is 0 Å². The maximum absolute atomic E-state index is 12.4. The number of anilines is 2. The molecule has 0 atom stereocenters. The van der Waals surface area contributed by atoms with Gasteiger partial charge in [0.15, 0.2) is 5.69 Å². The Morgan fingerprint density at radius 2 is 1.72 bits per heavy atom. The number of amides is 1. The number of carbonyl (C=O) groups excluding carboxylic acids is 1. The molecule has 7 nitrogen and oxygen atoms in total. The number of carbonyl (C=O) groups is 1. The van der Waals surface area contributed by atoms with E-state index >= 15 is 0 Å². The molecule has 1 amide bonds. The zero-order valence-corrected chi connectivity index (χ0v) is 16.7. The molecule has 0 saturated heterocycles. The third kappa shape index (κ3) is 5.68. The second-order valence-electron chi connectivity index (χ2n) is 6.53. The monoisotopic (exact) mass is 392 g/mol. The van der Waals surface area contributed by atoms with Crippen LogP contribution >= 0.6 is 0 Å². The van der Waals surface area contributed by atoms with Gasteiger partial charge in [0.2, 0.25) is 0 Å². The standard InChI is InChI=1S/C22H24N4O3/c1-15-4-5-16(2)20(14-15)24-22(27)19-10-11-21(26-25-19)23-12-13-29-18-8-6-17(28-3)7-9-18/h4-11,14H,12-13H2,1-3H3,(H,23,26)(H,24,27). The van der Waals surface area contributed by atoms with E-state index in [-0.39, 0.29) is 11.6 Å². The number of benzene rings is 2. The number of hydrogen-bond donors (Lipinski definition) is 2. The number of aryl methyl sites for hydroxylation is 2. The molecule has 1 heterocycles. The van der Waals surface area contributed by atoms with Crippen LogP contribution in [0.1, 0.15) is 21.6 Å². The van der Waals surface area contributed by atoms with Crippen molar-refractivity contribution < 1.29 is 14.3 Å². The minimum Gasteiger partial charge on any atom is -0.497 e. The van der Waals surface area contributed by atoms with Crippen molar-refractivity contribution in [1.82, 2.24) is 10.2 Å². The van der Waals surface area contributed by atoms with Gasteiger partial charge in [0.25, 0.3) is 5.91 Å². The van der Waals surface area contributed by atoms with Gasteiger partial charge in [-0.2, -0.15) is 0 Å². The molecule has 0 unspecified atom stereocenters. The SMILES string of the molecule is COc1ccc(OCCNc2ccc(C(=O)Nc3cc(C)ccc3C)nn2)cc1. The van der Waals surface area contributed by atoms with E-state index in [0.29, 0.717) is 19.0 Å². The van der Waals surface area contributed by atoms with Crippen molar-refractivity contribution in [3.8, 4) is 11.5 Å². The van der Waals surface area contributed by atoms with Crippen LogP contribution in [0.3, 0.4) is 0 Å². The molecule has 7 heteroatoms. The Labute approximate surface area is 170 Å². The number of methoxy groups -OCH3 is 1. The molecule has 0 aliphatic rings. The zero-order chi connectivity index (χ0) is 20.6. The Morgan fingerprint density at radius 3 is 2.41 bits per heavy atom. The van der Waals surface area contributed by atoms with Crippen LogP contribution in [-0.4, -0.2) is 36.4 Å². The predicted octanol–water partition coefficient (Wildman–Crippen LogP) is 3.85. The van der Waals surface area contributed by atoms with E-state index in [1.807, 2.05) is 56.3 Å². The van der Waals surface area contributed by atoms with Crippen LogP contribution < -0.4 is 20.1 Å². The van der Waals surface area contributed by atoms with E-state index in [0.717, 1.165) is 28.3 Å².